The van der Waals surface area contributed by atoms with Crippen LogP contribution in [0.3, 0.4) is 0 Å². The fraction of sp³-hybridized carbons (Fsp3) is 0.478. The summed E-state index contributed by atoms with van der Waals surface area (Å²) in [4.78, 5) is 28.6. The third-order valence-electron chi connectivity index (χ3n) is 5.55. The summed E-state index contributed by atoms with van der Waals surface area (Å²) >= 11 is 0. The number of carbonyl (C=O) groups is 1. The summed E-state index contributed by atoms with van der Waals surface area (Å²) in [6.45, 7) is 4.44. The normalized spacial score (nSPS) is 18.8. The van der Waals surface area contributed by atoms with Crippen molar-refractivity contribution in [3.63, 3.8) is 0 Å². The van der Waals surface area contributed by atoms with Gasteiger partial charge in [0, 0.05) is 31.6 Å². The highest BCUT2D eigenvalue weighted by molar-refractivity contribution is 5.75. The van der Waals surface area contributed by atoms with Crippen LogP contribution in [0.1, 0.15) is 51.5 Å². The quantitative estimate of drug-likeness (QED) is 0.429. The van der Waals surface area contributed by atoms with Gasteiger partial charge in [0.05, 0.1) is 4.92 Å². The van der Waals surface area contributed by atoms with Gasteiger partial charge in [0.25, 0.3) is 0 Å². The zero-order valence-electron chi connectivity index (χ0n) is 17.6. The summed E-state index contributed by atoms with van der Waals surface area (Å²) < 4.78 is 6.31. The number of aromatic nitrogens is 1. The van der Waals surface area contributed by atoms with Crippen LogP contribution < -0.4 is 9.64 Å². The van der Waals surface area contributed by atoms with Gasteiger partial charge in [-0.15, -0.1) is 0 Å². The van der Waals surface area contributed by atoms with Gasteiger partial charge in [0.2, 0.25) is 5.82 Å². The number of pyridine rings is 1. The van der Waals surface area contributed by atoms with E-state index < -0.39 is 0 Å². The van der Waals surface area contributed by atoms with E-state index >= 15 is 0 Å². The number of anilines is 1. The van der Waals surface area contributed by atoms with E-state index in [1.165, 1.54) is 6.07 Å². The third kappa shape index (κ3) is 5.55. The lowest BCUT2D eigenvalue weighted by atomic mass is 9.91. The van der Waals surface area contributed by atoms with Crippen molar-refractivity contribution in [2.75, 3.05) is 11.4 Å². The number of nitro groups is 1. The Morgan fingerprint density at radius 2 is 2.07 bits per heavy atom. The molecule has 3 rings (SSSR count). The molecule has 1 fully saturated rings. The van der Waals surface area contributed by atoms with Crippen LogP contribution in [0.4, 0.5) is 11.5 Å². The number of hydrogen-bond acceptors (Lipinski definition) is 6. The van der Waals surface area contributed by atoms with E-state index in [-0.39, 0.29) is 22.6 Å². The molecule has 7 nitrogen and oxygen atoms in total. The number of hydrogen-bond donors (Lipinski definition) is 0. The van der Waals surface area contributed by atoms with Crippen molar-refractivity contribution in [3.8, 4) is 5.75 Å². The largest absolute Gasteiger partial charge is 0.470 e. The summed E-state index contributed by atoms with van der Waals surface area (Å²) in [6.07, 6.45) is 6.49. The molecule has 0 radical (unpaired) electrons. The summed E-state index contributed by atoms with van der Waals surface area (Å²) in [6, 6.07) is 10.8. The molecule has 1 aliphatic rings. The van der Waals surface area contributed by atoms with Gasteiger partial charge in [-0.3, -0.25) is 10.1 Å². The molecule has 0 amide bonds. The SMILES string of the molecule is CCCC1CCN(c2ncccc2[N+](=O)[O-])C(Oc2ccc(CCC(C)=O)cc2)C1. The smallest absolute Gasteiger partial charge is 0.311 e. The molecule has 2 unspecified atom stereocenters. The minimum atomic E-state index is -0.388. The minimum Gasteiger partial charge on any atom is -0.470 e. The molecular weight excluding hydrogens is 382 g/mol. The number of benzene rings is 1. The van der Waals surface area contributed by atoms with Crippen LogP contribution in [0.2, 0.25) is 0 Å². The first-order valence-corrected chi connectivity index (χ1v) is 10.6. The second-order valence-corrected chi connectivity index (χ2v) is 7.89. The monoisotopic (exact) mass is 411 g/mol. The van der Waals surface area contributed by atoms with Crippen LogP contribution in [0.25, 0.3) is 0 Å². The van der Waals surface area contributed by atoms with Crippen LogP contribution in [0.15, 0.2) is 42.6 Å². The lowest BCUT2D eigenvalue weighted by Gasteiger charge is -2.39. The number of ketones is 1. The third-order valence-corrected chi connectivity index (χ3v) is 5.55. The maximum atomic E-state index is 11.5. The van der Waals surface area contributed by atoms with Gasteiger partial charge in [-0.1, -0.05) is 31.9 Å². The van der Waals surface area contributed by atoms with Crippen LogP contribution in [0, 0.1) is 16.0 Å². The molecule has 1 aromatic heterocycles. The Hall–Kier alpha value is -2.96. The molecule has 1 aliphatic heterocycles. The average molecular weight is 412 g/mol. The summed E-state index contributed by atoms with van der Waals surface area (Å²) in [5.74, 6) is 1.77. The van der Waals surface area contributed by atoms with Gasteiger partial charge in [-0.05, 0) is 49.4 Å². The Bertz CT molecular complexity index is 869. The molecule has 0 N–H and O–H groups in total. The van der Waals surface area contributed by atoms with Crippen LogP contribution in [0.5, 0.6) is 5.75 Å². The maximum Gasteiger partial charge on any atom is 0.311 e. The van der Waals surface area contributed by atoms with E-state index in [2.05, 4.69) is 11.9 Å². The standard InChI is InChI=1S/C23H29N3O4/c1-3-5-19-13-15-25(23-21(26(28)29)6-4-14-24-23)22(16-19)30-20-11-9-18(10-12-20)8-7-17(2)27/h4,6,9-12,14,19,22H,3,5,7-8,13,15-16H2,1-2H3. The molecule has 0 bridgehead atoms. The molecule has 2 aromatic rings. The van der Waals surface area contributed by atoms with Crippen molar-refractivity contribution in [2.24, 2.45) is 5.92 Å². The molecule has 0 spiro atoms. The lowest BCUT2D eigenvalue weighted by Crippen LogP contribution is -2.46. The van der Waals surface area contributed by atoms with E-state index in [1.54, 1.807) is 19.2 Å². The molecule has 160 valence electrons. The predicted octanol–water partition coefficient (Wildman–Crippen LogP) is 4.93. The Labute approximate surface area is 177 Å². The van der Waals surface area contributed by atoms with E-state index in [1.807, 2.05) is 29.2 Å². The Kier molecular flexibility index (Phi) is 7.38. The van der Waals surface area contributed by atoms with Crippen molar-refractivity contribution in [2.45, 2.75) is 58.6 Å². The number of nitrogens with zero attached hydrogens (tertiary/aromatic N) is 3. The Morgan fingerprint density at radius 3 is 2.73 bits per heavy atom. The van der Waals surface area contributed by atoms with Crippen molar-refractivity contribution in [3.05, 3.63) is 58.3 Å². The van der Waals surface area contributed by atoms with E-state index in [0.29, 0.717) is 36.9 Å². The molecule has 0 aliphatic carbocycles. The topological polar surface area (TPSA) is 85.6 Å². The van der Waals surface area contributed by atoms with Crippen LogP contribution >= 0.6 is 0 Å². The number of rotatable bonds is 9. The fourth-order valence-corrected chi connectivity index (χ4v) is 3.98. The highest BCUT2D eigenvalue weighted by Gasteiger charge is 2.34. The first-order chi connectivity index (χ1) is 14.5. The number of piperidine rings is 1. The van der Waals surface area contributed by atoms with E-state index in [4.69, 9.17) is 4.74 Å². The van der Waals surface area contributed by atoms with Crippen molar-refractivity contribution < 1.29 is 14.5 Å². The number of Topliss-reactive ketones (excluding diaryl/α,β-unsaturated/α-hetero) is 1. The highest BCUT2D eigenvalue weighted by atomic mass is 16.6. The first-order valence-electron chi connectivity index (χ1n) is 10.6. The van der Waals surface area contributed by atoms with E-state index in [9.17, 15) is 14.9 Å². The van der Waals surface area contributed by atoms with Crippen molar-refractivity contribution in [1.29, 1.82) is 0 Å². The van der Waals surface area contributed by atoms with Crippen molar-refractivity contribution >= 4 is 17.3 Å². The highest BCUT2D eigenvalue weighted by Crippen LogP contribution is 2.35. The van der Waals surface area contributed by atoms with Gasteiger partial charge < -0.3 is 14.4 Å². The summed E-state index contributed by atoms with van der Waals surface area (Å²) in [5.41, 5.74) is 1.09. The van der Waals surface area contributed by atoms with E-state index in [0.717, 1.165) is 31.2 Å². The number of ether oxygens (including phenoxy) is 1. The van der Waals surface area contributed by atoms with Gasteiger partial charge in [0.1, 0.15) is 11.5 Å². The predicted molar refractivity (Wildman–Crippen MR) is 116 cm³/mol. The Morgan fingerprint density at radius 1 is 1.30 bits per heavy atom. The first kappa shape index (κ1) is 21.7. The fourth-order valence-electron chi connectivity index (χ4n) is 3.98. The molecule has 2 atom stereocenters. The zero-order chi connectivity index (χ0) is 21.5. The molecule has 7 heteroatoms. The van der Waals surface area contributed by atoms with Gasteiger partial charge in [-0.25, -0.2) is 4.98 Å². The second kappa shape index (κ2) is 10.2. The van der Waals surface area contributed by atoms with Crippen LogP contribution in [-0.2, 0) is 11.2 Å². The van der Waals surface area contributed by atoms with Gasteiger partial charge in [0.15, 0.2) is 6.23 Å². The Balaban J connectivity index is 1.80. The van der Waals surface area contributed by atoms with Gasteiger partial charge in [-0.2, -0.15) is 0 Å². The lowest BCUT2D eigenvalue weighted by molar-refractivity contribution is -0.384. The molecular formula is C23H29N3O4. The number of aryl methyl sites for hydroxylation is 1. The molecule has 1 aromatic carbocycles. The zero-order valence-corrected chi connectivity index (χ0v) is 17.6. The minimum absolute atomic E-state index is 0.000350. The molecule has 30 heavy (non-hydrogen) atoms. The second-order valence-electron chi connectivity index (χ2n) is 7.89. The average Bonchev–Trinajstić information content (AvgIpc) is 2.74. The molecule has 2 heterocycles. The number of carbonyl (C=O) groups excluding carboxylic acids is 1. The van der Waals surface area contributed by atoms with Gasteiger partial charge >= 0.3 is 5.69 Å². The summed E-state index contributed by atoms with van der Waals surface area (Å²) in [7, 11) is 0. The van der Waals surface area contributed by atoms with Crippen molar-refractivity contribution in [1.82, 2.24) is 4.98 Å². The molecule has 0 saturated carbocycles. The van der Waals surface area contributed by atoms with Crippen LogP contribution in [-0.4, -0.2) is 28.5 Å². The molecule has 1 saturated heterocycles. The maximum absolute atomic E-state index is 11.5. The summed E-state index contributed by atoms with van der Waals surface area (Å²) in [5, 5.41) is 11.5.